The lowest BCUT2D eigenvalue weighted by Gasteiger charge is -2.31. The van der Waals surface area contributed by atoms with Crippen LogP contribution in [-0.2, 0) is 25.9 Å². The van der Waals surface area contributed by atoms with Crippen molar-refractivity contribution in [1.29, 1.82) is 0 Å². The molecule has 0 fully saturated rings. The minimum Gasteiger partial charge on any atom is -0.343 e. The van der Waals surface area contributed by atoms with Gasteiger partial charge in [0.1, 0.15) is 0 Å². The summed E-state index contributed by atoms with van der Waals surface area (Å²) in [5, 5.41) is 6.92. The molecule has 1 atom stereocenters. The monoisotopic (exact) mass is 408 g/mol. The van der Waals surface area contributed by atoms with E-state index in [0.29, 0.717) is 18.3 Å². The number of benzene rings is 1. The molecule has 0 spiro atoms. The van der Waals surface area contributed by atoms with Crippen LogP contribution >= 0.6 is 11.3 Å². The van der Waals surface area contributed by atoms with Gasteiger partial charge in [-0.05, 0) is 43.3 Å². The molecule has 0 saturated carbocycles. The average Bonchev–Trinajstić information content (AvgIpc) is 3.36. The molecule has 29 heavy (non-hydrogen) atoms. The first-order valence-corrected chi connectivity index (χ1v) is 11.0. The van der Waals surface area contributed by atoms with Gasteiger partial charge in [0.25, 0.3) is 5.91 Å². The van der Waals surface area contributed by atoms with Crippen molar-refractivity contribution >= 4 is 17.2 Å². The first-order valence-electron chi connectivity index (χ1n) is 10.1. The molecular weight excluding hydrogens is 380 g/mol. The van der Waals surface area contributed by atoms with Crippen LogP contribution in [0, 0.1) is 0 Å². The summed E-state index contributed by atoms with van der Waals surface area (Å²) in [4.78, 5) is 18.3. The Morgan fingerprint density at radius 2 is 1.97 bits per heavy atom. The number of aromatic nitrogens is 2. The summed E-state index contributed by atoms with van der Waals surface area (Å²) in [6.45, 7) is 1.66. The lowest BCUT2D eigenvalue weighted by Crippen LogP contribution is -2.36. The van der Waals surface area contributed by atoms with Gasteiger partial charge in [-0.15, -0.1) is 11.3 Å². The molecule has 2 aromatic heterocycles. The molecule has 1 aromatic carbocycles. The summed E-state index contributed by atoms with van der Waals surface area (Å²) < 4.78 is 2.05. The summed E-state index contributed by atoms with van der Waals surface area (Å²) in [5.41, 5.74) is 4.18. The predicted octanol–water partition coefficient (Wildman–Crippen LogP) is 3.68. The van der Waals surface area contributed by atoms with Gasteiger partial charge in [-0.3, -0.25) is 14.4 Å². The number of likely N-dealkylation sites (N-methyl/N-ethyl adjacent to an activating group) is 1. The summed E-state index contributed by atoms with van der Waals surface area (Å²) in [5.74, 6) is -0.00498. The van der Waals surface area contributed by atoms with Crippen LogP contribution in [0.4, 0.5) is 0 Å². The van der Waals surface area contributed by atoms with E-state index in [1.165, 1.54) is 16.1 Å². The molecule has 1 aliphatic carbocycles. The van der Waals surface area contributed by atoms with Crippen molar-refractivity contribution < 1.29 is 4.79 Å². The van der Waals surface area contributed by atoms with E-state index < -0.39 is 0 Å². The number of rotatable bonds is 6. The number of thiophene rings is 1. The minimum atomic E-state index is -0.00498. The molecule has 0 radical (unpaired) electrons. The summed E-state index contributed by atoms with van der Waals surface area (Å²) >= 11 is 1.80. The third-order valence-electron chi connectivity index (χ3n) is 5.71. The van der Waals surface area contributed by atoms with Gasteiger partial charge in [0.15, 0.2) is 5.69 Å². The Labute approximate surface area is 176 Å². The van der Waals surface area contributed by atoms with Crippen LogP contribution in [0.2, 0.25) is 0 Å². The highest BCUT2D eigenvalue weighted by Crippen LogP contribution is 2.29. The molecule has 0 saturated heterocycles. The standard InChI is InChI=1S/C23H28N4OS/c1-25(2)23(28)22-20-14-18(26(3)16-19-10-7-13-29-19)11-12-21(20)27(24-22)15-17-8-5-4-6-9-17/h4-10,13,18H,11-12,14-16H2,1-3H3. The lowest BCUT2D eigenvalue weighted by molar-refractivity contribution is 0.0819. The van der Waals surface area contributed by atoms with Gasteiger partial charge >= 0.3 is 0 Å². The van der Waals surface area contributed by atoms with E-state index in [4.69, 9.17) is 5.10 Å². The number of fused-ring (bicyclic) bond motifs is 1. The number of hydrogen-bond donors (Lipinski definition) is 0. The van der Waals surface area contributed by atoms with E-state index >= 15 is 0 Å². The first kappa shape index (κ1) is 19.9. The topological polar surface area (TPSA) is 41.4 Å². The van der Waals surface area contributed by atoms with Crippen molar-refractivity contribution in [3.8, 4) is 0 Å². The van der Waals surface area contributed by atoms with Gasteiger partial charge in [0.05, 0.1) is 6.54 Å². The molecule has 5 nitrogen and oxygen atoms in total. The molecular formula is C23H28N4OS. The molecule has 1 aliphatic rings. The second-order valence-electron chi connectivity index (χ2n) is 8.01. The maximum Gasteiger partial charge on any atom is 0.274 e. The van der Waals surface area contributed by atoms with Gasteiger partial charge in [-0.2, -0.15) is 5.10 Å². The fourth-order valence-corrected chi connectivity index (χ4v) is 4.86. The van der Waals surface area contributed by atoms with Crippen molar-refractivity contribution in [3.63, 3.8) is 0 Å². The van der Waals surface area contributed by atoms with Crippen LogP contribution in [-0.4, -0.2) is 52.7 Å². The number of amides is 1. The molecule has 3 aromatic rings. The maximum atomic E-state index is 12.9. The molecule has 0 N–H and O–H groups in total. The normalized spacial score (nSPS) is 16.1. The van der Waals surface area contributed by atoms with Crippen molar-refractivity contribution in [3.05, 3.63) is 75.2 Å². The summed E-state index contributed by atoms with van der Waals surface area (Å²) in [7, 11) is 5.79. The zero-order valence-electron chi connectivity index (χ0n) is 17.3. The van der Waals surface area contributed by atoms with Crippen LogP contribution in [0.5, 0.6) is 0 Å². The van der Waals surface area contributed by atoms with Gasteiger partial charge in [-0.25, -0.2) is 0 Å². The van der Waals surface area contributed by atoms with E-state index in [2.05, 4.69) is 46.3 Å². The second-order valence-corrected chi connectivity index (χ2v) is 9.04. The van der Waals surface area contributed by atoms with Crippen molar-refractivity contribution in [2.24, 2.45) is 0 Å². The smallest absolute Gasteiger partial charge is 0.274 e. The van der Waals surface area contributed by atoms with Crippen molar-refractivity contribution in [1.82, 2.24) is 19.6 Å². The van der Waals surface area contributed by atoms with E-state index in [1.807, 2.05) is 18.2 Å². The Kier molecular flexibility index (Phi) is 5.83. The van der Waals surface area contributed by atoms with E-state index in [0.717, 1.165) is 31.4 Å². The highest BCUT2D eigenvalue weighted by atomic mass is 32.1. The van der Waals surface area contributed by atoms with Gasteiger partial charge in [0, 0.05) is 42.8 Å². The third kappa shape index (κ3) is 4.28. The molecule has 152 valence electrons. The molecule has 1 unspecified atom stereocenters. The Hall–Kier alpha value is -2.44. The number of carbonyl (C=O) groups is 1. The third-order valence-corrected chi connectivity index (χ3v) is 6.57. The largest absolute Gasteiger partial charge is 0.343 e. The maximum absolute atomic E-state index is 12.9. The fraction of sp³-hybridized carbons (Fsp3) is 0.391. The molecule has 6 heteroatoms. The van der Waals surface area contributed by atoms with E-state index in [-0.39, 0.29) is 5.91 Å². The number of carbonyl (C=O) groups excluding carboxylic acids is 1. The Bertz CT molecular complexity index is 962. The zero-order chi connectivity index (χ0) is 20.4. The van der Waals surface area contributed by atoms with Crippen molar-refractivity contribution in [2.45, 2.75) is 38.4 Å². The van der Waals surface area contributed by atoms with Crippen LogP contribution in [0.3, 0.4) is 0 Å². The van der Waals surface area contributed by atoms with E-state index in [9.17, 15) is 4.79 Å². The lowest BCUT2D eigenvalue weighted by atomic mass is 9.90. The summed E-state index contributed by atoms with van der Waals surface area (Å²) in [6.07, 6.45) is 2.92. The highest BCUT2D eigenvalue weighted by molar-refractivity contribution is 7.09. The van der Waals surface area contributed by atoms with Crippen LogP contribution in [0.25, 0.3) is 0 Å². The minimum absolute atomic E-state index is 0.00498. The quantitative estimate of drug-likeness (QED) is 0.625. The van der Waals surface area contributed by atoms with Gasteiger partial charge in [-0.1, -0.05) is 36.4 Å². The predicted molar refractivity (Wildman–Crippen MR) is 117 cm³/mol. The molecule has 2 heterocycles. The Morgan fingerprint density at radius 1 is 1.17 bits per heavy atom. The molecule has 0 aliphatic heterocycles. The second kappa shape index (κ2) is 8.51. The van der Waals surface area contributed by atoms with Crippen LogP contribution in [0.1, 0.15) is 38.6 Å². The fourth-order valence-electron chi connectivity index (χ4n) is 4.09. The Morgan fingerprint density at radius 3 is 2.66 bits per heavy atom. The molecule has 0 bridgehead atoms. The van der Waals surface area contributed by atoms with Gasteiger partial charge < -0.3 is 4.90 Å². The SMILES string of the molecule is CN(C)C(=O)c1nn(Cc2ccccc2)c2c1CC(N(C)Cc1cccs1)CC2. The van der Waals surface area contributed by atoms with Crippen LogP contribution in [0.15, 0.2) is 47.8 Å². The van der Waals surface area contributed by atoms with Gasteiger partial charge in [0.2, 0.25) is 0 Å². The van der Waals surface area contributed by atoms with E-state index in [1.54, 1.807) is 30.3 Å². The average molecular weight is 409 g/mol. The molecule has 4 rings (SSSR count). The first-order chi connectivity index (χ1) is 14.0. The number of hydrogen-bond acceptors (Lipinski definition) is 4. The highest BCUT2D eigenvalue weighted by Gasteiger charge is 2.31. The number of nitrogens with zero attached hydrogens (tertiary/aromatic N) is 4. The molecule has 1 amide bonds. The Balaban J connectivity index is 1.61. The zero-order valence-corrected chi connectivity index (χ0v) is 18.2. The van der Waals surface area contributed by atoms with Crippen molar-refractivity contribution in [2.75, 3.05) is 21.1 Å². The summed E-state index contributed by atoms with van der Waals surface area (Å²) in [6, 6.07) is 15.1. The van der Waals surface area contributed by atoms with Crippen LogP contribution < -0.4 is 0 Å².